The van der Waals surface area contributed by atoms with E-state index in [4.69, 9.17) is 0 Å². The van der Waals surface area contributed by atoms with Crippen molar-refractivity contribution in [3.63, 3.8) is 0 Å². The molecule has 0 radical (unpaired) electrons. The van der Waals surface area contributed by atoms with Crippen molar-refractivity contribution in [3.8, 4) is 0 Å². The van der Waals surface area contributed by atoms with Crippen LogP contribution in [0.3, 0.4) is 0 Å². The van der Waals surface area contributed by atoms with Crippen LogP contribution in [0.1, 0.15) is 19.3 Å². The molecule has 1 fully saturated rings. The van der Waals surface area contributed by atoms with Gasteiger partial charge in [-0.3, -0.25) is 4.79 Å². The Hall–Kier alpha value is -1.58. The molecule has 0 saturated heterocycles. The standard InChI is InChI=1S/C12H17N3O/c1-15(2)11-7-6-10(8-13-11)14-12(16)9-4-3-5-9/h6-9H,3-5H2,1-2H3,(H,14,16). The topological polar surface area (TPSA) is 45.2 Å². The van der Waals surface area contributed by atoms with Crippen LogP contribution in [0.5, 0.6) is 0 Å². The van der Waals surface area contributed by atoms with Gasteiger partial charge in [0, 0.05) is 20.0 Å². The van der Waals surface area contributed by atoms with E-state index in [0.29, 0.717) is 0 Å². The monoisotopic (exact) mass is 219 g/mol. The molecule has 0 bridgehead atoms. The molecular weight excluding hydrogens is 202 g/mol. The Labute approximate surface area is 95.7 Å². The molecule has 4 nitrogen and oxygen atoms in total. The van der Waals surface area contributed by atoms with E-state index < -0.39 is 0 Å². The van der Waals surface area contributed by atoms with Crippen molar-refractivity contribution in [1.29, 1.82) is 0 Å². The van der Waals surface area contributed by atoms with Gasteiger partial charge in [-0.15, -0.1) is 0 Å². The van der Waals surface area contributed by atoms with E-state index >= 15 is 0 Å². The quantitative estimate of drug-likeness (QED) is 0.844. The number of pyridine rings is 1. The van der Waals surface area contributed by atoms with Gasteiger partial charge in [0.2, 0.25) is 5.91 Å². The van der Waals surface area contributed by atoms with E-state index in [-0.39, 0.29) is 11.8 Å². The van der Waals surface area contributed by atoms with E-state index in [1.165, 1.54) is 6.42 Å². The smallest absolute Gasteiger partial charge is 0.227 e. The summed E-state index contributed by atoms with van der Waals surface area (Å²) in [5.74, 6) is 1.24. The molecule has 1 N–H and O–H groups in total. The van der Waals surface area contributed by atoms with Gasteiger partial charge in [-0.05, 0) is 25.0 Å². The van der Waals surface area contributed by atoms with Gasteiger partial charge in [-0.2, -0.15) is 0 Å². The maximum atomic E-state index is 11.7. The number of nitrogens with one attached hydrogen (secondary N) is 1. The Kier molecular flexibility index (Phi) is 3.08. The molecule has 16 heavy (non-hydrogen) atoms. The summed E-state index contributed by atoms with van der Waals surface area (Å²) in [6.07, 6.45) is 4.92. The fourth-order valence-electron chi connectivity index (χ4n) is 1.64. The van der Waals surface area contributed by atoms with Gasteiger partial charge in [0.15, 0.2) is 0 Å². The minimum atomic E-state index is 0.130. The van der Waals surface area contributed by atoms with E-state index in [0.717, 1.165) is 24.3 Å². The highest BCUT2D eigenvalue weighted by Gasteiger charge is 2.25. The summed E-state index contributed by atoms with van der Waals surface area (Å²) in [4.78, 5) is 17.8. The molecule has 2 rings (SSSR count). The molecule has 0 spiro atoms. The largest absolute Gasteiger partial charge is 0.363 e. The molecule has 1 aromatic heterocycles. The molecule has 0 unspecified atom stereocenters. The van der Waals surface area contributed by atoms with Crippen LogP contribution in [-0.2, 0) is 4.79 Å². The van der Waals surface area contributed by atoms with Gasteiger partial charge in [0.1, 0.15) is 5.82 Å². The average Bonchev–Trinajstić information content (AvgIpc) is 2.15. The third kappa shape index (κ3) is 2.32. The van der Waals surface area contributed by atoms with Gasteiger partial charge in [-0.25, -0.2) is 4.98 Å². The minimum absolute atomic E-state index is 0.130. The summed E-state index contributed by atoms with van der Waals surface area (Å²) < 4.78 is 0. The van der Waals surface area contributed by atoms with Crippen molar-refractivity contribution < 1.29 is 4.79 Å². The molecule has 86 valence electrons. The first kappa shape index (κ1) is 10.9. The first-order chi connectivity index (χ1) is 7.66. The number of rotatable bonds is 3. The summed E-state index contributed by atoms with van der Waals surface area (Å²) >= 11 is 0. The number of carbonyl (C=O) groups is 1. The van der Waals surface area contributed by atoms with Crippen molar-refractivity contribution in [2.75, 3.05) is 24.3 Å². The number of amides is 1. The number of carbonyl (C=O) groups excluding carboxylic acids is 1. The van der Waals surface area contributed by atoms with Crippen LogP contribution in [0.4, 0.5) is 11.5 Å². The van der Waals surface area contributed by atoms with Crippen LogP contribution in [0.2, 0.25) is 0 Å². The molecule has 1 saturated carbocycles. The van der Waals surface area contributed by atoms with Crippen LogP contribution >= 0.6 is 0 Å². The number of hydrogen-bond acceptors (Lipinski definition) is 3. The number of aromatic nitrogens is 1. The van der Waals surface area contributed by atoms with Gasteiger partial charge in [-0.1, -0.05) is 6.42 Å². The predicted molar refractivity (Wildman–Crippen MR) is 64.5 cm³/mol. The molecule has 1 heterocycles. The van der Waals surface area contributed by atoms with Crippen LogP contribution in [-0.4, -0.2) is 25.0 Å². The van der Waals surface area contributed by atoms with Crippen LogP contribution in [0.15, 0.2) is 18.3 Å². The maximum Gasteiger partial charge on any atom is 0.227 e. The molecule has 0 aliphatic heterocycles. The first-order valence-corrected chi connectivity index (χ1v) is 5.61. The number of hydrogen-bond donors (Lipinski definition) is 1. The molecule has 1 aliphatic rings. The second-order valence-corrected chi connectivity index (χ2v) is 4.42. The van der Waals surface area contributed by atoms with Gasteiger partial charge < -0.3 is 10.2 Å². The van der Waals surface area contributed by atoms with E-state index in [2.05, 4.69) is 10.3 Å². The van der Waals surface area contributed by atoms with Crippen LogP contribution in [0, 0.1) is 5.92 Å². The van der Waals surface area contributed by atoms with Crippen molar-refractivity contribution in [2.24, 2.45) is 5.92 Å². The Morgan fingerprint density at radius 2 is 2.19 bits per heavy atom. The zero-order valence-electron chi connectivity index (χ0n) is 9.73. The Bertz CT molecular complexity index is 368. The zero-order valence-corrected chi connectivity index (χ0v) is 9.73. The molecule has 0 aromatic carbocycles. The lowest BCUT2D eigenvalue weighted by Gasteiger charge is -2.24. The van der Waals surface area contributed by atoms with Gasteiger partial charge >= 0.3 is 0 Å². The lowest BCUT2D eigenvalue weighted by Crippen LogP contribution is -2.28. The summed E-state index contributed by atoms with van der Waals surface area (Å²) in [5.41, 5.74) is 0.780. The highest BCUT2D eigenvalue weighted by molar-refractivity contribution is 5.92. The minimum Gasteiger partial charge on any atom is -0.363 e. The van der Waals surface area contributed by atoms with Gasteiger partial charge in [0.25, 0.3) is 0 Å². The van der Waals surface area contributed by atoms with E-state index in [1.807, 2.05) is 31.1 Å². The van der Waals surface area contributed by atoms with E-state index in [9.17, 15) is 4.79 Å². The van der Waals surface area contributed by atoms with Crippen LogP contribution < -0.4 is 10.2 Å². The third-order valence-corrected chi connectivity index (χ3v) is 2.95. The molecule has 1 aliphatic carbocycles. The molecular formula is C12H17N3O. The fourth-order valence-corrected chi connectivity index (χ4v) is 1.64. The zero-order chi connectivity index (χ0) is 11.5. The molecule has 4 heteroatoms. The Balaban J connectivity index is 1.96. The number of nitrogens with zero attached hydrogens (tertiary/aromatic N) is 2. The normalized spacial score (nSPS) is 15.4. The fraction of sp³-hybridized carbons (Fsp3) is 0.500. The van der Waals surface area contributed by atoms with Crippen molar-refractivity contribution >= 4 is 17.4 Å². The maximum absolute atomic E-state index is 11.7. The Morgan fingerprint density at radius 3 is 2.62 bits per heavy atom. The molecule has 0 atom stereocenters. The lowest BCUT2D eigenvalue weighted by atomic mass is 9.85. The lowest BCUT2D eigenvalue weighted by molar-refractivity contribution is -0.122. The second-order valence-electron chi connectivity index (χ2n) is 4.42. The molecule has 1 amide bonds. The van der Waals surface area contributed by atoms with E-state index in [1.54, 1.807) is 6.20 Å². The molecule has 1 aromatic rings. The predicted octanol–water partition coefficient (Wildman–Crippen LogP) is 1.89. The summed E-state index contributed by atoms with van der Waals surface area (Å²) in [7, 11) is 3.88. The highest BCUT2D eigenvalue weighted by Crippen LogP contribution is 2.27. The van der Waals surface area contributed by atoms with Crippen LogP contribution in [0.25, 0.3) is 0 Å². The third-order valence-electron chi connectivity index (χ3n) is 2.95. The first-order valence-electron chi connectivity index (χ1n) is 5.61. The summed E-state index contributed by atoms with van der Waals surface area (Å²) in [6.45, 7) is 0. The number of anilines is 2. The average molecular weight is 219 g/mol. The second kappa shape index (κ2) is 4.51. The Morgan fingerprint density at radius 1 is 1.44 bits per heavy atom. The van der Waals surface area contributed by atoms with Crippen molar-refractivity contribution in [1.82, 2.24) is 4.98 Å². The summed E-state index contributed by atoms with van der Waals surface area (Å²) in [5, 5.41) is 2.89. The highest BCUT2D eigenvalue weighted by atomic mass is 16.1. The SMILES string of the molecule is CN(C)c1ccc(NC(=O)C2CCC2)cn1. The summed E-state index contributed by atoms with van der Waals surface area (Å²) in [6, 6.07) is 3.79. The van der Waals surface area contributed by atoms with Crippen molar-refractivity contribution in [2.45, 2.75) is 19.3 Å². The van der Waals surface area contributed by atoms with Gasteiger partial charge in [0.05, 0.1) is 11.9 Å². The van der Waals surface area contributed by atoms with Crippen molar-refractivity contribution in [3.05, 3.63) is 18.3 Å².